The molecule has 0 fully saturated rings. The highest BCUT2D eigenvalue weighted by atomic mass is 79.9. The molecular weight excluding hydrogens is 376 g/mol. The zero-order chi connectivity index (χ0) is 12.5. The van der Waals surface area contributed by atoms with Crippen LogP contribution in [0.25, 0.3) is 0 Å². The van der Waals surface area contributed by atoms with Gasteiger partial charge in [0, 0.05) is 8.95 Å². The van der Waals surface area contributed by atoms with Gasteiger partial charge in [0.1, 0.15) is 16.8 Å². The predicted octanol–water partition coefficient (Wildman–Crippen LogP) is 3.00. The second-order valence-electron chi connectivity index (χ2n) is 3.09. The lowest BCUT2D eigenvalue weighted by molar-refractivity contribution is 0.420. The van der Waals surface area contributed by atoms with Gasteiger partial charge >= 0.3 is 0 Å². The number of benzene rings is 1. The van der Waals surface area contributed by atoms with Gasteiger partial charge in [0.2, 0.25) is 0 Å². The first-order valence-corrected chi connectivity index (χ1v) is 7.43. The molecule has 90 valence electrons. The molecular formula is C9H6Br2N2O3S. The number of aromatic nitrogens is 1. The molecule has 2 rings (SSSR count). The highest BCUT2D eigenvalue weighted by molar-refractivity contribution is 9.11. The minimum atomic E-state index is -3.65. The summed E-state index contributed by atoms with van der Waals surface area (Å²) < 4.78 is 32.2. The summed E-state index contributed by atoms with van der Waals surface area (Å²) in [5.74, 6) is 0. The third-order valence-electron chi connectivity index (χ3n) is 1.87. The second kappa shape index (κ2) is 4.79. The summed E-state index contributed by atoms with van der Waals surface area (Å²) in [7, 11) is -3.65. The Kier molecular flexibility index (Phi) is 3.55. The van der Waals surface area contributed by atoms with Gasteiger partial charge in [-0.1, -0.05) is 21.1 Å². The maximum Gasteiger partial charge on any atom is 0.263 e. The van der Waals surface area contributed by atoms with Crippen LogP contribution in [-0.4, -0.2) is 13.6 Å². The van der Waals surface area contributed by atoms with Crippen molar-refractivity contribution in [2.24, 2.45) is 0 Å². The van der Waals surface area contributed by atoms with Crippen LogP contribution in [-0.2, 0) is 10.0 Å². The van der Waals surface area contributed by atoms with E-state index < -0.39 is 10.0 Å². The second-order valence-corrected chi connectivity index (χ2v) is 6.51. The van der Waals surface area contributed by atoms with Gasteiger partial charge in [-0.2, -0.15) is 0 Å². The number of halogens is 2. The van der Waals surface area contributed by atoms with E-state index in [1.54, 1.807) is 12.1 Å². The van der Waals surface area contributed by atoms with Crippen molar-refractivity contribution >= 4 is 47.6 Å². The minimum Gasteiger partial charge on any atom is -0.362 e. The standard InChI is InChI=1S/C9H6Br2N2O3S/c10-6-1-2-9(8(11)3-6)17(14,15)13-7-4-12-16-5-7/h1-5,13H. The summed E-state index contributed by atoms with van der Waals surface area (Å²) in [5.41, 5.74) is 0.278. The van der Waals surface area contributed by atoms with Crippen molar-refractivity contribution in [2.45, 2.75) is 4.90 Å². The highest BCUT2D eigenvalue weighted by Crippen LogP contribution is 2.27. The molecule has 0 saturated carbocycles. The number of hydrogen-bond acceptors (Lipinski definition) is 4. The normalized spacial score (nSPS) is 11.4. The van der Waals surface area contributed by atoms with E-state index in [9.17, 15) is 8.42 Å². The van der Waals surface area contributed by atoms with Gasteiger partial charge in [0.25, 0.3) is 10.0 Å². The highest BCUT2D eigenvalue weighted by Gasteiger charge is 2.18. The fourth-order valence-electron chi connectivity index (χ4n) is 1.16. The van der Waals surface area contributed by atoms with E-state index in [1.165, 1.54) is 18.5 Å². The average Bonchev–Trinajstić information content (AvgIpc) is 2.68. The van der Waals surface area contributed by atoms with Crippen LogP contribution in [0.2, 0.25) is 0 Å². The van der Waals surface area contributed by atoms with Crippen molar-refractivity contribution in [3.8, 4) is 0 Å². The Labute approximate surface area is 114 Å². The van der Waals surface area contributed by atoms with E-state index in [1.807, 2.05) is 0 Å². The Balaban J connectivity index is 2.38. The molecule has 0 amide bonds. The Morgan fingerprint density at radius 3 is 2.65 bits per heavy atom. The van der Waals surface area contributed by atoms with E-state index in [4.69, 9.17) is 0 Å². The third kappa shape index (κ3) is 2.88. The van der Waals surface area contributed by atoms with Crippen molar-refractivity contribution in [3.05, 3.63) is 39.6 Å². The van der Waals surface area contributed by atoms with Crippen molar-refractivity contribution in [1.29, 1.82) is 0 Å². The smallest absolute Gasteiger partial charge is 0.263 e. The van der Waals surface area contributed by atoms with Crippen LogP contribution in [0.4, 0.5) is 5.69 Å². The third-order valence-corrected chi connectivity index (χ3v) is 4.72. The number of anilines is 1. The molecule has 5 nitrogen and oxygen atoms in total. The van der Waals surface area contributed by atoms with Crippen LogP contribution < -0.4 is 4.72 Å². The van der Waals surface area contributed by atoms with Crippen molar-refractivity contribution in [2.75, 3.05) is 4.72 Å². The average molecular weight is 382 g/mol. The Morgan fingerprint density at radius 1 is 1.29 bits per heavy atom. The van der Waals surface area contributed by atoms with Gasteiger partial charge in [0.05, 0.1) is 6.20 Å². The molecule has 8 heteroatoms. The molecule has 17 heavy (non-hydrogen) atoms. The summed E-state index contributed by atoms with van der Waals surface area (Å²) in [6, 6.07) is 4.79. The van der Waals surface area contributed by atoms with Crippen molar-refractivity contribution < 1.29 is 12.9 Å². The van der Waals surface area contributed by atoms with Crippen LogP contribution in [0, 0.1) is 0 Å². The molecule has 0 aliphatic carbocycles. The summed E-state index contributed by atoms with van der Waals surface area (Å²) in [6.07, 6.45) is 2.49. The van der Waals surface area contributed by atoms with Crippen LogP contribution >= 0.6 is 31.9 Å². The molecule has 0 atom stereocenters. The molecule has 0 saturated heterocycles. The molecule has 1 aromatic heterocycles. The molecule has 0 unspecified atom stereocenters. The molecule has 0 radical (unpaired) electrons. The first-order valence-electron chi connectivity index (χ1n) is 4.36. The van der Waals surface area contributed by atoms with Crippen LogP contribution in [0.5, 0.6) is 0 Å². The lowest BCUT2D eigenvalue weighted by Crippen LogP contribution is -2.13. The monoisotopic (exact) mass is 380 g/mol. The van der Waals surface area contributed by atoms with Gasteiger partial charge in [-0.25, -0.2) is 8.42 Å². The molecule has 1 heterocycles. The summed E-state index contributed by atoms with van der Waals surface area (Å²) in [6.45, 7) is 0. The minimum absolute atomic E-state index is 0.141. The van der Waals surface area contributed by atoms with Gasteiger partial charge in [-0.3, -0.25) is 4.72 Å². The van der Waals surface area contributed by atoms with Gasteiger partial charge in [-0.05, 0) is 34.1 Å². The maximum absolute atomic E-state index is 12.0. The molecule has 0 bridgehead atoms. The zero-order valence-corrected chi connectivity index (χ0v) is 12.2. The van der Waals surface area contributed by atoms with Crippen molar-refractivity contribution in [3.63, 3.8) is 0 Å². The fraction of sp³-hybridized carbons (Fsp3) is 0. The first kappa shape index (κ1) is 12.6. The number of sulfonamides is 1. The largest absolute Gasteiger partial charge is 0.362 e. The fourth-order valence-corrected chi connectivity index (χ4v) is 3.93. The van der Waals surface area contributed by atoms with Gasteiger partial charge in [-0.15, -0.1) is 0 Å². The topological polar surface area (TPSA) is 72.2 Å². The quantitative estimate of drug-likeness (QED) is 0.886. The lowest BCUT2D eigenvalue weighted by atomic mass is 10.4. The summed E-state index contributed by atoms with van der Waals surface area (Å²) in [4.78, 5) is 0.141. The number of nitrogens with one attached hydrogen (secondary N) is 1. The van der Waals surface area contributed by atoms with Crippen LogP contribution in [0.3, 0.4) is 0 Å². The van der Waals surface area contributed by atoms with Gasteiger partial charge in [0.15, 0.2) is 0 Å². The SMILES string of the molecule is O=S(=O)(Nc1cnoc1)c1ccc(Br)cc1Br. The molecule has 1 aromatic carbocycles. The Bertz CT molecular complexity index is 626. The number of rotatable bonds is 3. The molecule has 2 aromatic rings. The molecule has 1 N–H and O–H groups in total. The van der Waals surface area contributed by atoms with E-state index in [-0.39, 0.29) is 10.6 Å². The summed E-state index contributed by atoms with van der Waals surface area (Å²) in [5, 5.41) is 3.42. The Hall–Kier alpha value is -0.860. The predicted molar refractivity (Wildman–Crippen MR) is 69.2 cm³/mol. The van der Waals surface area contributed by atoms with Crippen LogP contribution in [0.1, 0.15) is 0 Å². The number of nitrogens with zero attached hydrogens (tertiary/aromatic N) is 1. The van der Waals surface area contributed by atoms with E-state index >= 15 is 0 Å². The first-order chi connectivity index (χ1) is 7.99. The Morgan fingerprint density at radius 2 is 2.06 bits per heavy atom. The molecule has 0 aliphatic heterocycles. The van der Waals surface area contributed by atoms with Crippen LogP contribution in [0.15, 0.2) is 49.0 Å². The van der Waals surface area contributed by atoms with Gasteiger partial charge < -0.3 is 4.52 Å². The maximum atomic E-state index is 12.0. The lowest BCUT2D eigenvalue weighted by Gasteiger charge is -2.07. The molecule has 0 spiro atoms. The summed E-state index contributed by atoms with van der Waals surface area (Å²) >= 11 is 6.45. The zero-order valence-electron chi connectivity index (χ0n) is 8.22. The molecule has 0 aliphatic rings. The van der Waals surface area contributed by atoms with E-state index in [0.29, 0.717) is 4.47 Å². The van der Waals surface area contributed by atoms with Crippen molar-refractivity contribution in [1.82, 2.24) is 5.16 Å². The van der Waals surface area contributed by atoms with E-state index in [0.717, 1.165) is 4.47 Å². The number of hydrogen-bond donors (Lipinski definition) is 1. The van der Waals surface area contributed by atoms with E-state index in [2.05, 4.69) is 46.3 Å².